The lowest BCUT2D eigenvalue weighted by atomic mass is 10.0. The molecule has 2 nitrogen and oxygen atoms in total. The zero-order chi connectivity index (χ0) is 10.4. The molecule has 74 valence electrons. The van der Waals surface area contributed by atoms with E-state index in [9.17, 15) is 0 Å². The summed E-state index contributed by atoms with van der Waals surface area (Å²) in [5.41, 5.74) is 1.22. The van der Waals surface area contributed by atoms with E-state index in [1.807, 2.05) is 19.2 Å². The predicted octanol–water partition coefficient (Wildman–Crippen LogP) is 3.01. The van der Waals surface area contributed by atoms with Gasteiger partial charge in [-0.05, 0) is 31.2 Å². The van der Waals surface area contributed by atoms with Crippen LogP contribution in [0, 0.1) is 11.3 Å². The van der Waals surface area contributed by atoms with E-state index in [-0.39, 0.29) is 6.04 Å². The van der Waals surface area contributed by atoms with Gasteiger partial charge < -0.3 is 5.32 Å². The van der Waals surface area contributed by atoms with Crippen molar-refractivity contribution in [3.05, 3.63) is 34.3 Å². The molecule has 1 unspecified atom stereocenters. The molecule has 0 radical (unpaired) electrons. The third-order valence-electron chi connectivity index (χ3n) is 2.14. The zero-order valence-electron chi connectivity index (χ0n) is 8.13. The molecule has 3 heteroatoms. The largest absolute Gasteiger partial charge is 0.313 e. The second-order valence-electron chi connectivity index (χ2n) is 3.09. The Hall–Kier alpha value is -0.850. The Morgan fingerprint density at radius 2 is 2.36 bits per heavy atom. The first-order valence-electron chi connectivity index (χ1n) is 4.57. The molecule has 0 amide bonds. The number of nitriles is 1. The van der Waals surface area contributed by atoms with Crippen molar-refractivity contribution in [2.75, 3.05) is 7.05 Å². The van der Waals surface area contributed by atoms with E-state index in [0.29, 0.717) is 6.42 Å². The average Bonchev–Trinajstić information content (AvgIpc) is 2.19. The van der Waals surface area contributed by atoms with Crippen LogP contribution in [0.2, 0.25) is 0 Å². The van der Waals surface area contributed by atoms with Gasteiger partial charge in [0.05, 0.1) is 6.07 Å². The highest BCUT2D eigenvalue weighted by Crippen LogP contribution is 2.21. The Labute approximate surface area is 93.1 Å². The lowest BCUT2D eigenvalue weighted by molar-refractivity contribution is 0.557. The van der Waals surface area contributed by atoms with Gasteiger partial charge in [0, 0.05) is 16.9 Å². The molecule has 0 saturated carbocycles. The van der Waals surface area contributed by atoms with Crippen LogP contribution in [0.4, 0.5) is 0 Å². The minimum Gasteiger partial charge on any atom is -0.313 e. The highest BCUT2D eigenvalue weighted by Gasteiger charge is 2.08. The number of nitrogens with one attached hydrogen (secondary N) is 1. The zero-order valence-corrected chi connectivity index (χ0v) is 9.71. The van der Waals surface area contributed by atoms with Crippen molar-refractivity contribution in [3.8, 4) is 6.07 Å². The second kappa shape index (κ2) is 5.79. The van der Waals surface area contributed by atoms with E-state index in [1.54, 1.807) is 0 Å². The van der Waals surface area contributed by atoms with Gasteiger partial charge in [0.15, 0.2) is 0 Å². The second-order valence-corrected chi connectivity index (χ2v) is 4.01. The van der Waals surface area contributed by atoms with Crippen molar-refractivity contribution >= 4 is 15.9 Å². The fourth-order valence-electron chi connectivity index (χ4n) is 1.41. The molecule has 0 fully saturated rings. The molecule has 1 aromatic carbocycles. The molecular formula is C11H13BrN2. The molecule has 0 aliphatic rings. The summed E-state index contributed by atoms with van der Waals surface area (Å²) < 4.78 is 1.08. The maximum Gasteiger partial charge on any atom is 0.0622 e. The summed E-state index contributed by atoms with van der Waals surface area (Å²) in [6.45, 7) is 0. The number of hydrogen-bond donors (Lipinski definition) is 1. The van der Waals surface area contributed by atoms with Gasteiger partial charge >= 0.3 is 0 Å². The van der Waals surface area contributed by atoms with E-state index in [0.717, 1.165) is 10.9 Å². The summed E-state index contributed by atoms with van der Waals surface area (Å²) >= 11 is 3.44. The molecule has 0 heterocycles. The quantitative estimate of drug-likeness (QED) is 0.895. The maximum absolute atomic E-state index is 8.53. The Morgan fingerprint density at radius 3 is 2.93 bits per heavy atom. The van der Waals surface area contributed by atoms with E-state index in [4.69, 9.17) is 5.26 Å². The summed E-state index contributed by atoms with van der Waals surface area (Å²) in [6, 6.07) is 10.6. The van der Waals surface area contributed by atoms with Gasteiger partial charge in [-0.15, -0.1) is 0 Å². The van der Waals surface area contributed by atoms with Gasteiger partial charge in [-0.2, -0.15) is 5.26 Å². The normalized spacial score (nSPS) is 12.1. The topological polar surface area (TPSA) is 35.8 Å². The maximum atomic E-state index is 8.53. The monoisotopic (exact) mass is 252 g/mol. The van der Waals surface area contributed by atoms with E-state index in [1.165, 1.54) is 5.56 Å². The lowest BCUT2D eigenvalue weighted by Gasteiger charge is -2.15. The Morgan fingerprint density at radius 1 is 1.57 bits per heavy atom. The average molecular weight is 253 g/mol. The van der Waals surface area contributed by atoms with Crippen LogP contribution in [0.15, 0.2) is 28.7 Å². The van der Waals surface area contributed by atoms with Crippen LogP contribution in [0.25, 0.3) is 0 Å². The van der Waals surface area contributed by atoms with Crippen LogP contribution in [0.5, 0.6) is 0 Å². The molecule has 0 aromatic heterocycles. The van der Waals surface area contributed by atoms with Crippen LogP contribution in [-0.2, 0) is 0 Å². The van der Waals surface area contributed by atoms with Crippen LogP contribution >= 0.6 is 15.9 Å². The molecule has 14 heavy (non-hydrogen) atoms. The molecule has 1 N–H and O–H groups in total. The highest BCUT2D eigenvalue weighted by atomic mass is 79.9. The summed E-state index contributed by atoms with van der Waals surface area (Å²) in [6.07, 6.45) is 1.43. The standard InChI is InChI=1S/C11H13BrN2/c1-14-11(6-3-7-13)9-4-2-5-10(12)8-9/h2,4-5,8,11,14H,3,6H2,1H3. The number of halogens is 1. The Balaban J connectivity index is 2.74. The van der Waals surface area contributed by atoms with Crippen molar-refractivity contribution in [2.45, 2.75) is 18.9 Å². The first-order chi connectivity index (χ1) is 6.77. The van der Waals surface area contributed by atoms with Crippen LogP contribution in [0.3, 0.4) is 0 Å². The molecule has 1 rings (SSSR count). The van der Waals surface area contributed by atoms with Gasteiger partial charge in [0.1, 0.15) is 0 Å². The van der Waals surface area contributed by atoms with E-state index >= 15 is 0 Å². The number of hydrogen-bond acceptors (Lipinski definition) is 2. The van der Waals surface area contributed by atoms with Gasteiger partial charge in [0.25, 0.3) is 0 Å². The summed E-state index contributed by atoms with van der Waals surface area (Å²) in [7, 11) is 1.92. The SMILES string of the molecule is CNC(CCC#N)c1cccc(Br)c1. The molecular weight excluding hydrogens is 240 g/mol. The highest BCUT2D eigenvalue weighted by molar-refractivity contribution is 9.10. The van der Waals surface area contributed by atoms with Gasteiger partial charge in [0.2, 0.25) is 0 Å². The molecule has 0 spiro atoms. The Kier molecular flexibility index (Phi) is 4.64. The molecule has 0 aliphatic heterocycles. The molecule has 0 bridgehead atoms. The fraction of sp³-hybridized carbons (Fsp3) is 0.364. The van der Waals surface area contributed by atoms with Crippen molar-refractivity contribution in [1.29, 1.82) is 5.26 Å². The molecule has 0 aliphatic carbocycles. The fourth-order valence-corrected chi connectivity index (χ4v) is 1.83. The van der Waals surface area contributed by atoms with Crippen molar-refractivity contribution in [1.82, 2.24) is 5.32 Å². The van der Waals surface area contributed by atoms with E-state index in [2.05, 4.69) is 39.4 Å². The van der Waals surface area contributed by atoms with Crippen LogP contribution < -0.4 is 5.32 Å². The van der Waals surface area contributed by atoms with Gasteiger partial charge in [-0.3, -0.25) is 0 Å². The first kappa shape index (κ1) is 11.2. The first-order valence-corrected chi connectivity index (χ1v) is 5.37. The van der Waals surface area contributed by atoms with Crippen LogP contribution in [0.1, 0.15) is 24.4 Å². The smallest absolute Gasteiger partial charge is 0.0622 e. The van der Waals surface area contributed by atoms with Crippen LogP contribution in [-0.4, -0.2) is 7.05 Å². The number of nitrogens with zero attached hydrogens (tertiary/aromatic N) is 1. The third kappa shape index (κ3) is 3.13. The van der Waals surface area contributed by atoms with Gasteiger partial charge in [-0.25, -0.2) is 0 Å². The van der Waals surface area contributed by atoms with E-state index < -0.39 is 0 Å². The summed E-state index contributed by atoms with van der Waals surface area (Å²) in [5, 5.41) is 11.7. The van der Waals surface area contributed by atoms with Crippen molar-refractivity contribution < 1.29 is 0 Å². The molecule has 0 saturated heterocycles. The summed E-state index contributed by atoms with van der Waals surface area (Å²) in [4.78, 5) is 0. The summed E-state index contributed by atoms with van der Waals surface area (Å²) in [5.74, 6) is 0. The number of rotatable bonds is 4. The minimum atomic E-state index is 0.271. The van der Waals surface area contributed by atoms with Crippen molar-refractivity contribution in [3.63, 3.8) is 0 Å². The minimum absolute atomic E-state index is 0.271. The third-order valence-corrected chi connectivity index (χ3v) is 2.64. The number of benzene rings is 1. The van der Waals surface area contributed by atoms with Crippen molar-refractivity contribution in [2.24, 2.45) is 0 Å². The Bertz CT molecular complexity index is 330. The predicted molar refractivity (Wildman–Crippen MR) is 60.8 cm³/mol. The van der Waals surface area contributed by atoms with Gasteiger partial charge in [-0.1, -0.05) is 28.1 Å². The molecule has 1 aromatic rings. The lowest BCUT2D eigenvalue weighted by Crippen LogP contribution is -2.15. The molecule has 1 atom stereocenters.